The lowest BCUT2D eigenvalue weighted by Crippen LogP contribution is -2.52. The highest BCUT2D eigenvalue weighted by Crippen LogP contribution is 2.23. The van der Waals surface area contributed by atoms with Gasteiger partial charge in [0.25, 0.3) is 5.91 Å². The number of halogens is 2. The van der Waals surface area contributed by atoms with E-state index in [1.807, 2.05) is 47.0 Å². The van der Waals surface area contributed by atoms with Gasteiger partial charge in [0.15, 0.2) is 6.10 Å². The van der Waals surface area contributed by atoms with Gasteiger partial charge in [-0.25, -0.2) is 4.98 Å². The molecule has 25 heavy (non-hydrogen) atoms. The first-order valence-corrected chi connectivity index (χ1v) is 8.76. The molecule has 2 atom stereocenters. The monoisotopic (exact) mass is 428 g/mol. The van der Waals surface area contributed by atoms with E-state index in [1.165, 1.54) is 0 Å². The molecule has 2 unspecified atom stereocenters. The molecule has 0 spiro atoms. The molecule has 1 aromatic carbocycles. The molecule has 1 fully saturated rings. The second-order valence-corrected chi connectivity index (χ2v) is 6.78. The SMILES string of the molecule is CC(Oc1ccc(Br)cc1)C(=O)N1CCNCC1c1nccn1C.Cl. The summed E-state index contributed by atoms with van der Waals surface area (Å²) in [5.74, 6) is 1.54. The van der Waals surface area contributed by atoms with Crippen LogP contribution in [-0.2, 0) is 11.8 Å². The number of nitrogens with one attached hydrogen (secondary N) is 1. The Balaban J connectivity index is 0.00000225. The molecule has 1 saturated heterocycles. The molecule has 8 heteroatoms. The lowest BCUT2D eigenvalue weighted by atomic mass is 10.1. The van der Waals surface area contributed by atoms with Crippen LogP contribution >= 0.6 is 28.3 Å². The minimum absolute atomic E-state index is 0. The number of carbonyl (C=O) groups is 1. The zero-order valence-electron chi connectivity index (χ0n) is 14.2. The molecule has 1 N–H and O–H groups in total. The van der Waals surface area contributed by atoms with Gasteiger partial charge in [-0.1, -0.05) is 15.9 Å². The standard InChI is InChI=1S/C17H21BrN4O2.ClH/c1-12(24-14-5-3-13(18)4-6-14)17(23)22-10-7-19-11-15(22)16-20-8-9-21(16)2;/h3-6,8-9,12,15,19H,7,10-11H2,1-2H3;1H. The van der Waals surface area contributed by atoms with Crippen molar-refractivity contribution >= 4 is 34.2 Å². The van der Waals surface area contributed by atoms with E-state index in [2.05, 4.69) is 26.2 Å². The minimum Gasteiger partial charge on any atom is -0.481 e. The molecule has 1 aliphatic heterocycles. The Morgan fingerprint density at radius 3 is 2.76 bits per heavy atom. The molecule has 2 aromatic rings. The van der Waals surface area contributed by atoms with E-state index in [4.69, 9.17) is 4.74 Å². The molecule has 6 nitrogen and oxygen atoms in total. The molecule has 2 heterocycles. The quantitative estimate of drug-likeness (QED) is 0.811. The molecule has 1 amide bonds. The van der Waals surface area contributed by atoms with Crippen LogP contribution < -0.4 is 10.1 Å². The van der Waals surface area contributed by atoms with Crippen LogP contribution in [0.5, 0.6) is 5.75 Å². The number of benzene rings is 1. The van der Waals surface area contributed by atoms with Crippen LogP contribution in [0.15, 0.2) is 41.1 Å². The van der Waals surface area contributed by atoms with E-state index in [0.29, 0.717) is 18.8 Å². The molecule has 136 valence electrons. The Morgan fingerprint density at radius 1 is 1.40 bits per heavy atom. The van der Waals surface area contributed by atoms with Gasteiger partial charge in [-0.15, -0.1) is 12.4 Å². The van der Waals surface area contributed by atoms with Gasteiger partial charge in [-0.2, -0.15) is 0 Å². The third-order valence-electron chi connectivity index (χ3n) is 4.16. The number of ether oxygens (including phenoxy) is 1. The van der Waals surface area contributed by atoms with Crippen molar-refractivity contribution in [2.45, 2.75) is 19.1 Å². The molecule has 0 bridgehead atoms. The summed E-state index contributed by atoms with van der Waals surface area (Å²) in [6.07, 6.45) is 3.11. The molecule has 1 aliphatic rings. The van der Waals surface area contributed by atoms with Gasteiger partial charge >= 0.3 is 0 Å². The highest BCUT2D eigenvalue weighted by molar-refractivity contribution is 9.10. The normalized spacial score (nSPS) is 18.4. The fraction of sp³-hybridized carbons (Fsp3) is 0.412. The fourth-order valence-electron chi connectivity index (χ4n) is 2.90. The third-order valence-corrected chi connectivity index (χ3v) is 4.69. The predicted molar refractivity (Wildman–Crippen MR) is 102 cm³/mol. The summed E-state index contributed by atoms with van der Waals surface area (Å²) in [5.41, 5.74) is 0. The highest BCUT2D eigenvalue weighted by atomic mass is 79.9. The average molecular weight is 430 g/mol. The summed E-state index contributed by atoms with van der Waals surface area (Å²) in [6, 6.07) is 7.41. The number of carbonyl (C=O) groups excluding carboxylic acids is 1. The topological polar surface area (TPSA) is 59.4 Å². The van der Waals surface area contributed by atoms with Crippen molar-refractivity contribution < 1.29 is 9.53 Å². The smallest absolute Gasteiger partial charge is 0.264 e. The van der Waals surface area contributed by atoms with E-state index in [1.54, 1.807) is 13.1 Å². The first-order chi connectivity index (χ1) is 11.6. The van der Waals surface area contributed by atoms with E-state index >= 15 is 0 Å². The van der Waals surface area contributed by atoms with Crippen LogP contribution in [0.1, 0.15) is 18.8 Å². The summed E-state index contributed by atoms with van der Waals surface area (Å²) in [5, 5.41) is 3.34. The number of hydrogen-bond donors (Lipinski definition) is 1. The van der Waals surface area contributed by atoms with Crippen LogP contribution in [-0.4, -0.2) is 46.1 Å². The van der Waals surface area contributed by atoms with Crippen molar-refractivity contribution in [3.05, 3.63) is 47.0 Å². The molecule has 3 rings (SSSR count). The predicted octanol–water partition coefficient (Wildman–Crippen LogP) is 2.54. The number of piperazine rings is 1. The second kappa shape index (κ2) is 8.69. The summed E-state index contributed by atoms with van der Waals surface area (Å²) in [7, 11) is 1.95. The molecule has 1 aromatic heterocycles. The van der Waals surface area contributed by atoms with Crippen LogP contribution in [0, 0.1) is 0 Å². The van der Waals surface area contributed by atoms with Crippen LogP contribution in [0.2, 0.25) is 0 Å². The lowest BCUT2D eigenvalue weighted by molar-refractivity contribution is -0.141. The van der Waals surface area contributed by atoms with Crippen molar-refractivity contribution in [2.24, 2.45) is 7.05 Å². The zero-order chi connectivity index (χ0) is 17.1. The van der Waals surface area contributed by atoms with Gasteiger partial charge in [0.2, 0.25) is 0 Å². The van der Waals surface area contributed by atoms with Gasteiger partial charge in [0.1, 0.15) is 17.6 Å². The number of hydrogen-bond acceptors (Lipinski definition) is 4. The van der Waals surface area contributed by atoms with Gasteiger partial charge in [0.05, 0.1) is 0 Å². The fourth-order valence-corrected chi connectivity index (χ4v) is 3.16. The van der Waals surface area contributed by atoms with Gasteiger partial charge in [-0.3, -0.25) is 4.79 Å². The molecular formula is C17H22BrClN4O2. The summed E-state index contributed by atoms with van der Waals surface area (Å²) < 4.78 is 8.75. The van der Waals surface area contributed by atoms with Crippen molar-refractivity contribution in [3.8, 4) is 5.75 Å². The number of rotatable bonds is 4. The van der Waals surface area contributed by atoms with Crippen molar-refractivity contribution in [1.82, 2.24) is 19.8 Å². The lowest BCUT2D eigenvalue weighted by Gasteiger charge is -2.37. The number of aryl methyl sites for hydroxylation is 1. The maximum atomic E-state index is 12.9. The second-order valence-electron chi connectivity index (χ2n) is 5.86. The van der Waals surface area contributed by atoms with E-state index < -0.39 is 6.10 Å². The maximum absolute atomic E-state index is 12.9. The van der Waals surface area contributed by atoms with Crippen LogP contribution in [0.3, 0.4) is 0 Å². The summed E-state index contributed by atoms with van der Waals surface area (Å²) >= 11 is 3.39. The van der Waals surface area contributed by atoms with E-state index in [-0.39, 0.29) is 24.4 Å². The minimum atomic E-state index is -0.549. The zero-order valence-corrected chi connectivity index (χ0v) is 16.6. The Hall–Kier alpha value is -1.57. The summed E-state index contributed by atoms with van der Waals surface area (Å²) in [4.78, 5) is 19.2. The van der Waals surface area contributed by atoms with Crippen LogP contribution in [0.25, 0.3) is 0 Å². The van der Waals surface area contributed by atoms with Crippen LogP contribution in [0.4, 0.5) is 0 Å². The molecule has 0 saturated carbocycles. The largest absolute Gasteiger partial charge is 0.481 e. The Bertz CT molecular complexity index is 707. The number of amides is 1. The molecular weight excluding hydrogens is 408 g/mol. The van der Waals surface area contributed by atoms with Gasteiger partial charge in [0, 0.05) is 43.5 Å². The van der Waals surface area contributed by atoms with E-state index in [9.17, 15) is 4.79 Å². The maximum Gasteiger partial charge on any atom is 0.264 e. The number of aromatic nitrogens is 2. The first-order valence-electron chi connectivity index (χ1n) is 7.97. The van der Waals surface area contributed by atoms with E-state index in [0.717, 1.165) is 16.8 Å². The Morgan fingerprint density at radius 2 is 2.12 bits per heavy atom. The highest BCUT2D eigenvalue weighted by Gasteiger charge is 2.33. The first kappa shape index (κ1) is 19.8. The molecule has 0 aliphatic carbocycles. The van der Waals surface area contributed by atoms with Gasteiger partial charge < -0.3 is 19.5 Å². The third kappa shape index (κ3) is 4.54. The Labute approximate surface area is 162 Å². The van der Waals surface area contributed by atoms with Crippen molar-refractivity contribution in [2.75, 3.05) is 19.6 Å². The Kier molecular flexibility index (Phi) is 6.87. The molecule has 0 radical (unpaired) electrons. The van der Waals surface area contributed by atoms with Crippen molar-refractivity contribution in [1.29, 1.82) is 0 Å². The average Bonchev–Trinajstić information content (AvgIpc) is 3.02. The summed E-state index contributed by atoms with van der Waals surface area (Å²) in [6.45, 7) is 3.91. The number of imidazole rings is 1. The number of nitrogens with zero attached hydrogens (tertiary/aromatic N) is 3. The van der Waals surface area contributed by atoms with Gasteiger partial charge in [-0.05, 0) is 31.2 Å². The van der Waals surface area contributed by atoms with Crippen molar-refractivity contribution in [3.63, 3.8) is 0 Å².